The van der Waals surface area contributed by atoms with Crippen LogP contribution >= 0.6 is 39.9 Å². The van der Waals surface area contributed by atoms with Crippen LogP contribution in [0.25, 0.3) is 0 Å². The predicted molar refractivity (Wildman–Crippen MR) is 131 cm³/mol. The third-order valence-corrected chi connectivity index (χ3v) is 6.55. The third-order valence-electron chi connectivity index (χ3n) is 6.02. The molecule has 0 saturated heterocycles. The van der Waals surface area contributed by atoms with Crippen LogP contribution in [0.15, 0.2) is 33.7 Å². The Morgan fingerprint density at radius 3 is 2.62 bits per heavy atom. The predicted octanol–water partition coefficient (Wildman–Crippen LogP) is 4.17. The molecule has 2 heterocycles. The molecule has 6 nitrogen and oxygen atoms in total. The molecule has 29 heavy (non-hydrogen) atoms. The molecule has 0 bridgehead atoms. The van der Waals surface area contributed by atoms with Crippen molar-refractivity contribution in [3.63, 3.8) is 0 Å². The summed E-state index contributed by atoms with van der Waals surface area (Å²) in [6.07, 6.45) is 7.21. The number of rotatable bonds is 6. The van der Waals surface area contributed by atoms with Crippen molar-refractivity contribution < 1.29 is 0 Å². The highest BCUT2D eigenvalue weighted by molar-refractivity contribution is 14.0. The van der Waals surface area contributed by atoms with Gasteiger partial charge in [0.15, 0.2) is 11.8 Å². The number of nitrogens with one attached hydrogen (secondary N) is 2. The van der Waals surface area contributed by atoms with E-state index in [-0.39, 0.29) is 29.4 Å². The first-order valence-corrected chi connectivity index (χ1v) is 11.2. The van der Waals surface area contributed by atoms with Crippen molar-refractivity contribution in [3.8, 4) is 0 Å². The summed E-state index contributed by atoms with van der Waals surface area (Å²) in [4.78, 5) is 4.80. The topological polar surface area (TPSA) is 67.1 Å². The van der Waals surface area contributed by atoms with E-state index in [0.29, 0.717) is 6.54 Å². The van der Waals surface area contributed by atoms with Crippen molar-refractivity contribution >= 4 is 45.9 Å². The maximum atomic E-state index is 4.80. The van der Waals surface area contributed by atoms with Crippen molar-refractivity contribution in [2.24, 2.45) is 4.99 Å². The Morgan fingerprint density at radius 1 is 1.14 bits per heavy atom. The summed E-state index contributed by atoms with van der Waals surface area (Å²) >= 11 is 3.56. The molecular weight excluding hydrogens is 543 g/mol. The van der Waals surface area contributed by atoms with Crippen LogP contribution in [0.3, 0.4) is 0 Å². The molecule has 4 rings (SSSR count). The molecule has 0 radical (unpaired) electrons. The molecule has 1 aromatic carbocycles. The fourth-order valence-corrected chi connectivity index (χ4v) is 4.76. The summed E-state index contributed by atoms with van der Waals surface area (Å²) in [6.45, 7) is 5.43. The van der Waals surface area contributed by atoms with E-state index in [9.17, 15) is 0 Å². The van der Waals surface area contributed by atoms with E-state index in [4.69, 9.17) is 4.99 Å². The smallest absolute Gasteiger partial charge is 0.191 e. The van der Waals surface area contributed by atoms with E-state index >= 15 is 0 Å². The molecule has 2 N–H and O–H groups in total. The summed E-state index contributed by atoms with van der Waals surface area (Å²) in [5.41, 5.74) is 1.61. The Balaban J connectivity index is 0.00000240. The minimum Gasteiger partial charge on any atom is -0.357 e. The largest absolute Gasteiger partial charge is 0.357 e. The van der Waals surface area contributed by atoms with Crippen LogP contribution < -0.4 is 10.6 Å². The van der Waals surface area contributed by atoms with Crippen molar-refractivity contribution in [1.82, 2.24) is 25.4 Å². The third kappa shape index (κ3) is 5.13. The van der Waals surface area contributed by atoms with E-state index in [1.54, 1.807) is 0 Å². The minimum atomic E-state index is 0. The molecular formula is C21H30BrIN6. The van der Waals surface area contributed by atoms with Gasteiger partial charge in [0.1, 0.15) is 12.4 Å². The Bertz CT molecular complexity index is 826. The average molecular weight is 573 g/mol. The van der Waals surface area contributed by atoms with Crippen LogP contribution in [0.1, 0.15) is 56.2 Å². The minimum absolute atomic E-state index is 0. The van der Waals surface area contributed by atoms with Gasteiger partial charge in [-0.3, -0.25) is 0 Å². The van der Waals surface area contributed by atoms with Gasteiger partial charge in [0.05, 0.1) is 0 Å². The molecule has 0 amide bonds. The normalized spacial score (nSPS) is 17.7. The van der Waals surface area contributed by atoms with Crippen LogP contribution in [0, 0.1) is 0 Å². The van der Waals surface area contributed by atoms with Crippen LogP contribution in [0.5, 0.6) is 0 Å². The van der Waals surface area contributed by atoms with Crippen molar-refractivity contribution in [3.05, 3.63) is 46.0 Å². The molecule has 2 aliphatic rings. The van der Waals surface area contributed by atoms with Crippen molar-refractivity contribution in [1.29, 1.82) is 0 Å². The fourth-order valence-electron chi connectivity index (χ4n) is 4.49. The van der Waals surface area contributed by atoms with E-state index in [1.807, 2.05) is 0 Å². The monoisotopic (exact) mass is 572 g/mol. The number of benzene rings is 1. The first-order chi connectivity index (χ1) is 13.7. The number of hydrogen-bond donors (Lipinski definition) is 2. The lowest BCUT2D eigenvalue weighted by Gasteiger charge is -2.31. The van der Waals surface area contributed by atoms with E-state index < -0.39 is 0 Å². The highest BCUT2D eigenvalue weighted by Gasteiger charge is 2.35. The Hall–Kier alpha value is -1.16. The number of aryl methyl sites for hydroxylation is 1. The Morgan fingerprint density at radius 2 is 1.90 bits per heavy atom. The number of aliphatic imine (C=N–C) groups is 1. The van der Waals surface area contributed by atoms with Gasteiger partial charge in [0.2, 0.25) is 0 Å². The van der Waals surface area contributed by atoms with Crippen LogP contribution in [-0.4, -0.2) is 33.8 Å². The van der Waals surface area contributed by atoms with Gasteiger partial charge in [-0.25, -0.2) is 4.99 Å². The van der Waals surface area contributed by atoms with Crippen molar-refractivity contribution in [2.45, 2.75) is 64.0 Å². The number of nitrogens with zero attached hydrogens (tertiary/aromatic N) is 4. The lowest BCUT2D eigenvalue weighted by atomic mass is 9.79. The lowest BCUT2D eigenvalue weighted by molar-refractivity contribution is 0.431. The summed E-state index contributed by atoms with van der Waals surface area (Å²) in [5, 5.41) is 15.6. The second-order valence-electron chi connectivity index (χ2n) is 7.83. The molecule has 1 aliphatic heterocycles. The molecule has 8 heteroatoms. The highest BCUT2D eigenvalue weighted by Crippen LogP contribution is 2.40. The Labute approximate surface area is 198 Å². The van der Waals surface area contributed by atoms with Crippen LogP contribution in [-0.2, 0) is 24.9 Å². The van der Waals surface area contributed by atoms with Crippen LogP contribution in [0.2, 0.25) is 0 Å². The second kappa shape index (κ2) is 10.2. The maximum Gasteiger partial charge on any atom is 0.191 e. The maximum absolute atomic E-state index is 4.80. The number of aromatic nitrogens is 3. The molecule has 2 aromatic rings. The summed E-state index contributed by atoms with van der Waals surface area (Å²) in [6, 6.07) is 8.84. The highest BCUT2D eigenvalue weighted by atomic mass is 127. The van der Waals surface area contributed by atoms with Gasteiger partial charge < -0.3 is 15.2 Å². The lowest BCUT2D eigenvalue weighted by Crippen LogP contribution is -2.44. The van der Waals surface area contributed by atoms with Crippen LogP contribution in [0.4, 0.5) is 0 Å². The van der Waals surface area contributed by atoms with Gasteiger partial charge in [0.25, 0.3) is 0 Å². The molecule has 1 aliphatic carbocycles. The van der Waals surface area contributed by atoms with Gasteiger partial charge in [-0.1, -0.05) is 40.9 Å². The first-order valence-electron chi connectivity index (χ1n) is 10.4. The molecule has 0 unspecified atom stereocenters. The zero-order valence-corrected chi connectivity index (χ0v) is 20.9. The first kappa shape index (κ1) is 22.5. The fraction of sp³-hybridized carbons (Fsp3) is 0.571. The number of fused-ring (bicyclic) bond motifs is 1. The summed E-state index contributed by atoms with van der Waals surface area (Å²) in [7, 11) is 0. The molecule has 0 spiro atoms. The van der Waals surface area contributed by atoms with Crippen molar-refractivity contribution in [2.75, 3.05) is 13.1 Å². The quantitative estimate of drug-likeness (QED) is 0.310. The van der Waals surface area contributed by atoms with Gasteiger partial charge in [-0.15, -0.1) is 34.2 Å². The van der Waals surface area contributed by atoms with E-state index in [0.717, 1.165) is 54.6 Å². The van der Waals surface area contributed by atoms with E-state index in [2.05, 4.69) is 72.5 Å². The van der Waals surface area contributed by atoms with E-state index in [1.165, 1.54) is 31.2 Å². The molecule has 0 atom stereocenters. The van der Waals surface area contributed by atoms with Gasteiger partial charge in [-0.05, 0) is 43.9 Å². The summed E-state index contributed by atoms with van der Waals surface area (Å²) in [5.74, 6) is 2.93. The number of hydrogen-bond acceptors (Lipinski definition) is 3. The van der Waals surface area contributed by atoms with Gasteiger partial charge in [0, 0.05) is 35.9 Å². The zero-order valence-electron chi connectivity index (χ0n) is 17.0. The SMILES string of the molecule is CCNC(=NCc1nnc2n1CCC2)NCC1(c2ccc(Br)cc2)CCCC1.I. The Kier molecular flexibility index (Phi) is 7.95. The molecule has 1 saturated carbocycles. The van der Waals surface area contributed by atoms with Gasteiger partial charge >= 0.3 is 0 Å². The second-order valence-corrected chi connectivity index (χ2v) is 8.75. The standard InChI is InChI=1S/C21H29BrN6.HI/c1-2-23-20(24-14-19-27-26-18-6-5-13-28(18)19)25-15-21(11-3-4-12-21)16-7-9-17(22)10-8-16;/h7-10H,2-6,11-15H2,1H3,(H2,23,24,25);1H. The molecule has 1 aromatic heterocycles. The molecule has 1 fully saturated rings. The zero-order chi connectivity index (χ0) is 19.4. The average Bonchev–Trinajstić information content (AvgIpc) is 3.43. The van der Waals surface area contributed by atoms with Gasteiger partial charge in [-0.2, -0.15) is 0 Å². The number of halogens is 2. The number of guanidine groups is 1. The molecule has 158 valence electrons. The summed E-state index contributed by atoms with van der Waals surface area (Å²) < 4.78 is 3.35.